The summed E-state index contributed by atoms with van der Waals surface area (Å²) in [6.07, 6.45) is 1.46. The second-order valence-corrected chi connectivity index (χ2v) is 7.44. The second kappa shape index (κ2) is 6.40. The lowest BCUT2D eigenvalue weighted by Crippen LogP contribution is -2.35. The van der Waals surface area contributed by atoms with Crippen molar-refractivity contribution in [3.8, 4) is 0 Å². The van der Waals surface area contributed by atoms with Crippen LogP contribution in [0.2, 0.25) is 0 Å². The smallest absolute Gasteiger partial charge is 0.224 e. The molecule has 1 atom stereocenters. The summed E-state index contributed by atoms with van der Waals surface area (Å²) in [5.74, 6) is 0.0461. The van der Waals surface area contributed by atoms with Crippen LogP contribution in [0.5, 0.6) is 0 Å². The highest BCUT2D eigenvalue weighted by Gasteiger charge is 2.61. The molecular formula is C21H25NO2. The van der Waals surface area contributed by atoms with Crippen LogP contribution in [0.3, 0.4) is 0 Å². The minimum atomic E-state index is 0.0289. The highest BCUT2D eigenvalue weighted by molar-refractivity contribution is 5.78. The van der Waals surface area contributed by atoms with Gasteiger partial charge in [0.2, 0.25) is 5.91 Å². The van der Waals surface area contributed by atoms with Crippen LogP contribution in [-0.2, 0) is 23.2 Å². The first-order valence-corrected chi connectivity index (χ1v) is 8.48. The zero-order valence-electron chi connectivity index (χ0n) is 14.4. The fraction of sp³-hybridized carbons (Fsp3) is 0.381. The lowest BCUT2D eigenvalue weighted by Gasteiger charge is -2.22. The van der Waals surface area contributed by atoms with E-state index < -0.39 is 0 Å². The standard InChI is InChI=1S/C21H25NO2/c1-20(2)14-21(20,18-6-4-3-5-7-18)15-22-19(24)12-16-8-10-17(13-23)11-9-16/h3-11,23H,12-15H2,1-2H3,(H,22,24). The predicted octanol–water partition coefficient (Wildman–Crippen LogP) is 3.21. The number of aliphatic hydroxyl groups excluding tert-OH is 1. The Kier molecular flexibility index (Phi) is 4.46. The first kappa shape index (κ1) is 16.7. The zero-order chi connectivity index (χ0) is 17.2. The third kappa shape index (κ3) is 3.22. The number of benzene rings is 2. The van der Waals surface area contributed by atoms with E-state index in [1.54, 1.807) is 0 Å². The minimum absolute atomic E-state index is 0.0289. The number of aliphatic hydroxyl groups is 1. The highest BCUT2D eigenvalue weighted by atomic mass is 16.3. The average molecular weight is 323 g/mol. The Balaban J connectivity index is 1.62. The monoisotopic (exact) mass is 323 g/mol. The molecule has 0 bridgehead atoms. The summed E-state index contributed by atoms with van der Waals surface area (Å²) in [5, 5.41) is 12.2. The SMILES string of the molecule is CC1(C)CC1(CNC(=O)Cc1ccc(CO)cc1)c1ccccc1. The molecule has 0 aromatic heterocycles. The molecule has 0 radical (unpaired) electrons. The van der Waals surface area contributed by atoms with Gasteiger partial charge in [-0.2, -0.15) is 0 Å². The Hall–Kier alpha value is -2.13. The van der Waals surface area contributed by atoms with Crippen molar-refractivity contribution in [1.82, 2.24) is 5.32 Å². The third-order valence-corrected chi connectivity index (χ3v) is 5.40. The van der Waals surface area contributed by atoms with Gasteiger partial charge in [0, 0.05) is 12.0 Å². The molecule has 1 saturated carbocycles. The lowest BCUT2D eigenvalue weighted by molar-refractivity contribution is -0.120. The number of hydrogen-bond donors (Lipinski definition) is 2. The van der Waals surface area contributed by atoms with E-state index in [-0.39, 0.29) is 23.3 Å². The molecular weight excluding hydrogens is 298 g/mol. The van der Waals surface area contributed by atoms with Gasteiger partial charge in [-0.3, -0.25) is 4.79 Å². The Morgan fingerprint density at radius 1 is 1.04 bits per heavy atom. The molecule has 24 heavy (non-hydrogen) atoms. The molecule has 1 aliphatic rings. The summed E-state index contributed by atoms with van der Waals surface area (Å²) in [7, 11) is 0. The first-order valence-electron chi connectivity index (χ1n) is 8.48. The Morgan fingerprint density at radius 3 is 2.17 bits per heavy atom. The van der Waals surface area contributed by atoms with Crippen LogP contribution in [0.25, 0.3) is 0 Å². The third-order valence-electron chi connectivity index (χ3n) is 5.40. The van der Waals surface area contributed by atoms with Crippen molar-refractivity contribution in [3.05, 3.63) is 71.3 Å². The van der Waals surface area contributed by atoms with Gasteiger partial charge in [-0.05, 0) is 28.5 Å². The van der Waals surface area contributed by atoms with Gasteiger partial charge in [0.25, 0.3) is 0 Å². The van der Waals surface area contributed by atoms with Gasteiger partial charge in [0.1, 0.15) is 0 Å². The fourth-order valence-electron chi connectivity index (χ4n) is 3.62. The van der Waals surface area contributed by atoms with Crippen molar-refractivity contribution in [1.29, 1.82) is 0 Å². The molecule has 0 saturated heterocycles. The molecule has 3 rings (SSSR count). The molecule has 1 aliphatic carbocycles. The summed E-state index contributed by atoms with van der Waals surface area (Å²) in [6.45, 7) is 5.23. The molecule has 2 N–H and O–H groups in total. The molecule has 2 aromatic carbocycles. The van der Waals surface area contributed by atoms with Gasteiger partial charge in [0.05, 0.1) is 13.0 Å². The second-order valence-electron chi connectivity index (χ2n) is 7.44. The summed E-state index contributed by atoms with van der Waals surface area (Å²) >= 11 is 0. The van der Waals surface area contributed by atoms with E-state index >= 15 is 0 Å². The van der Waals surface area contributed by atoms with E-state index in [2.05, 4.69) is 43.4 Å². The lowest BCUT2D eigenvalue weighted by atomic mass is 9.88. The fourth-order valence-corrected chi connectivity index (χ4v) is 3.62. The number of carbonyl (C=O) groups is 1. The summed E-state index contributed by atoms with van der Waals surface area (Å²) in [4.78, 5) is 12.3. The quantitative estimate of drug-likeness (QED) is 0.857. The van der Waals surface area contributed by atoms with Crippen molar-refractivity contribution < 1.29 is 9.90 Å². The van der Waals surface area contributed by atoms with Crippen LogP contribution in [0, 0.1) is 5.41 Å². The van der Waals surface area contributed by atoms with Crippen LogP contribution in [0.15, 0.2) is 54.6 Å². The maximum Gasteiger partial charge on any atom is 0.224 e. The van der Waals surface area contributed by atoms with Crippen LogP contribution >= 0.6 is 0 Å². The molecule has 3 nitrogen and oxygen atoms in total. The van der Waals surface area contributed by atoms with Crippen molar-refractivity contribution in [2.75, 3.05) is 6.54 Å². The highest BCUT2D eigenvalue weighted by Crippen LogP contribution is 2.63. The summed E-state index contributed by atoms with van der Waals surface area (Å²) < 4.78 is 0. The number of amides is 1. The molecule has 3 heteroatoms. The van der Waals surface area contributed by atoms with E-state index in [0.29, 0.717) is 13.0 Å². The van der Waals surface area contributed by atoms with Crippen molar-refractivity contribution >= 4 is 5.91 Å². The largest absolute Gasteiger partial charge is 0.392 e. The minimum Gasteiger partial charge on any atom is -0.392 e. The van der Waals surface area contributed by atoms with Crippen LogP contribution in [0.4, 0.5) is 0 Å². The van der Waals surface area contributed by atoms with E-state index in [4.69, 9.17) is 5.11 Å². The van der Waals surface area contributed by atoms with Gasteiger partial charge in [0.15, 0.2) is 0 Å². The maximum absolute atomic E-state index is 12.3. The Labute approximate surface area is 143 Å². The van der Waals surface area contributed by atoms with Crippen LogP contribution in [0.1, 0.15) is 37.0 Å². The normalized spacial score (nSPS) is 21.3. The topological polar surface area (TPSA) is 49.3 Å². The zero-order valence-corrected chi connectivity index (χ0v) is 14.4. The molecule has 1 unspecified atom stereocenters. The molecule has 1 amide bonds. The Morgan fingerprint density at radius 2 is 1.62 bits per heavy atom. The average Bonchev–Trinajstić information content (AvgIpc) is 3.17. The van der Waals surface area contributed by atoms with Crippen molar-refractivity contribution in [3.63, 3.8) is 0 Å². The van der Waals surface area contributed by atoms with Gasteiger partial charge in [-0.1, -0.05) is 68.4 Å². The summed E-state index contributed by atoms with van der Waals surface area (Å²) in [5.41, 5.74) is 3.40. The van der Waals surface area contributed by atoms with Crippen LogP contribution in [-0.4, -0.2) is 17.6 Å². The molecule has 2 aromatic rings. The van der Waals surface area contributed by atoms with Crippen molar-refractivity contribution in [2.24, 2.45) is 5.41 Å². The molecule has 0 heterocycles. The number of nitrogens with one attached hydrogen (secondary N) is 1. The van der Waals surface area contributed by atoms with Crippen LogP contribution < -0.4 is 5.32 Å². The molecule has 126 valence electrons. The number of hydrogen-bond acceptors (Lipinski definition) is 2. The van der Waals surface area contributed by atoms with E-state index in [1.807, 2.05) is 30.3 Å². The summed E-state index contributed by atoms with van der Waals surface area (Å²) in [6, 6.07) is 18.0. The number of rotatable bonds is 6. The van der Waals surface area contributed by atoms with Gasteiger partial charge in [-0.25, -0.2) is 0 Å². The van der Waals surface area contributed by atoms with E-state index in [9.17, 15) is 4.79 Å². The predicted molar refractivity (Wildman–Crippen MR) is 95.6 cm³/mol. The van der Waals surface area contributed by atoms with Gasteiger partial charge in [-0.15, -0.1) is 0 Å². The maximum atomic E-state index is 12.3. The van der Waals surface area contributed by atoms with Crippen molar-refractivity contribution in [2.45, 2.75) is 38.7 Å². The van der Waals surface area contributed by atoms with Gasteiger partial charge < -0.3 is 10.4 Å². The Bertz CT molecular complexity index is 706. The molecule has 1 fully saturated rings. The van der Waals surface area contributed by atoms with E-state index in [1.165, 1.54) is 5.56 Å². The van der Waals surface area contributed by atoms with E-state index in [0.717, 1.165) is 17.5 Å². The number of carbonyl (C=O) groups excluding carboxylic acids is 1. The molecule has 0 spiro atoms. The van der Waals surface area contributed by atoms with Gasteiger partial charge >= 0.3 is 0 Å². The molecule has 0 aliphatic heterocycles. The first-order chi connectivity index (χ1) is 11.5.